The zero-order valence-electron chi connectivity index (χ0n) is 6.18. The van der Waals surface area contributed by atoms with Crippen molar-refractivity contribution in [2.24, 2.45) is 11.3 Å². The third-order valence-corrected chi connectivity index (χ3v) is 2.66. The predicted molar refractivity (Wildman–Crippen MR) is 34.5 cm³/mol. The van der Waals surface area contributed by atoms with Crippen LogP contribution in [0.25, 0.3) is 0 Å². The van der Waals surface area contributed by atoms with Gasteiger partial charge in [-0.1, -0.05) is 6.92 Å². The number of alkyl halides is 2. The molecule has 1 saturated carbocycles. The second kappa shape index (κ2) is 2.43. The molecule has 1 N–H and O–H groups in total. The number of carboxylic acid groups (broad SMARTS) is 1. The molecule has 4 heteroatoms. The number of halogens is 2. The van der Waals surface area contributed by atoms with Crippen molar-refractivity contribution >= 4 is 5.97 Å². The van der Waals surface area contributed by atoms with Crippen molar-refractivity contribution in [3.05, 3.63) is 0 Å². The second-order valence-corrected chi connectivity index (χ2v) is 3.09. The van der Waals surface area contributed by atoms with Gasteiger partial charge in [-0.2, -0.15) is 0 Å². The van der Waals surface area contributed by atoms with Crippen molar-refractivity contribution < 1.29 is 18.7 Å². The summed E-state index contributed by atoms with van der Waals surface area (Å²) in [5, 5.41) is 8.54. The summed E-state index contributed by atoms with van der Waals surface area (Å²) in [5.74, 6) is -1.74. The molecule has 0 saturated heterocycles. The van der Waals surface area contributed by atoms with E-state index in [1.54, 1.807) is 6.92 Å². The van der Waals surface area contributed by atoms with Crippen LogP contribution in [0.2, 0.25) is 0 Å². The minimum Gasteiger partial charge on any atom is -0.481 e. The van der Waals surface area contributed by atoms with Crippen molar-refractivity contribution in [3.63, 3.8) is 0 Å². The molecule has 2 atom stereocenters. The maximum absolute atomic E-state index is 12.3. The van der Waals surface area contributed by atoms with E-state index in [9.17, 15) is 13.6 Å². The molecule has 0 aliphatic heterocycles. The van der Waals surface area contributed by atoms with E-state index in [1.807, 2.05) is 0 Å². The summed E-state index contributed by atoms with van der Waals surface area (Å²) < 4.78 is 24.5. The number of rotatable bonds is 2. The molecule has 0 radical (unpaired) electrons. The van der Waals surface area contributed by atoms with Crippen LogP contribution in [0, 0.1) is 11.3 Å². The summed E-state index contributed by atoms with van der Waals surface area (Å²) in [6.45, 7) is 1.56. The molecule has 11 heavy (non-hydrogen) atoms. The fourth-order valence-electron chi connectivity index (χ4n) is 1.48. The number of hydrogen-bond donors (Lipinski definition) is 1. The Morgan fingerprint density at radius 2 is 2.27 bits per heavy atom. The normalized spacial score (nSPS) is 36.9. The van der Waals surface area contributed by atoms with Crippen molar-refractivity contribution in [1.82, 2.24) is 0 Å². The number of hydrogen-bond acceptors (Lipinski definition) is 1. The smallest absolute Gasteiger partial charge is 0.315 e. The highest BCUT2D eigenvalue weighted by Crippen LogP contribution is 2.50. The highest BCUT2D eigenvalue weighted by Gasteiger charge is 2.57. The van der Waals surface area contributed by atoms with Gasteiger partial charge in [-0.25, -0.2) is 8.78 Å². The van der Waals surface area contributed by atoms with E-state index in [0.717, 1.165) is 0 Å². The highest BCUT2D eigenvalue weighted by atomic mass is 19.3. The maximum atomic E-state index is 12.3. The van der Waals surface area contributed by atoms with Crippen LogP contribution in [0.1, 0.15) is 19.8 Å². The lowest BCUT2D eigenvalue weighted by molar-refractivity contribution is -0.180. The van der Waals surface area contributed by atoms with Crippen LogP contribution in [0.5, 0.6) is 0 Å². The third-order valence-electron chi connectivity index (χ3n) is 2.66. The minimum atomic E-state index is -2.73. The molecular weight excluding hydrogens is 154 g/mol. The van der Waals surface area contributed by atoms with E-state index < -0.39 is 17.8 Å². The minimum absolute atomic E-state index is 0.112. The molecule has 0 aromatic rings. The van der Waals surface area contributed by atoms with Gasteiger partial charge < -0.3 is 5.11 Å². The first kappa shape index (κ1) is 8.43. The molecule has 0 bridgehead atoms. The molecular formula is C7H10F2O2. The molecule has 0 heterocycles. The second-order valence-electron chi connectivity index (χ2n) is 3.09. The van der Waals surface area contributed by atoms with Gasteiger partial charge in [0, 0.05) is 0 Å². The Morgan fingerprint density at radius 3 is 2.27 bits per heavy atom. The fraction of sp³-hybridized carbons (Fsp3) is 0.857. The molecule has 64 valence electrons. The molecule has 0 aromatic heterocycles. The lowest BCUT2D eigenvalue weighted by Gasteiger charge is -2.43. The Morgan fingerprint density at radius 1 is 1.73 bits per heavy atom. The van der Waals surface area contributed by atoms with Crippen LogP contribution >= 0.6 is 0 Å². The van der Waals surface area contributed by atoms with Gasteiger partial charge in [-0.3, -0.25) is 4.79 Å². The van der Waals surface area contributed by atoms with Crippen molar-refractivity contribution in [2.75, 3.05) is 0 Å². The van der Waals surface area contributed by atoms with Crippen LogP contribution in [0.15, 0.2) is 0 Å². The van der Waals surface area contributed by atoms with Crippen molar-refractivity contribution in [3.8, 4) is 0 Å². The molecule has 1 aliphatic rings. The molecule has 0 spiro atoms. The Labute approximate surface area is 63.2 Å². The Hall–Kier alpha value is -0.670. The van der Waals surface area contributed by atoms with Gasteiger partial charge in [0.15, 0.2) is 0 Å². The van der Waals surface area contributed by atoms with Crippen LogP contribution < -0.4 is 0 Å². The van der Waals surface area contributed by atoms with E-state index >= 15 is 0 Å². The first-order valence-electron chi connectivity index (χ1n) is 3.53. The van der Waals surface area contributed by atoms with Gasteiger partial charge in [-0.15, -0.1) is 0 Å². The summed E-state index contributed by atoms with van der Waals surface area (Å²) >= 11 is 0. The Balaban J connectivity index is 2.81. The molecule has 1 rings (SSSR count). The molecule has 0 amide bonds. The summed E-state index contributed by atoms with van der Waals surface area (Å²) in [7, 11) is 0. The standard InChI is InChI=1S/C7H10F2O2/c1-4-2-3-7(4,5(8)9)6(10)11/h4-5H,2-3H2,1H3,(H,10,11). The van der Waals surface area contributed by atoms with Crippen LogP contribution in [0.4, 0.5) is 8.78 Å². The SMILES string of the molecule is CC1CCC1(C(=O)O)C(F)F. The number of aliphatic carboxylic acids is 1. The number of carboxylic acids is 1. The van der Waals surface area contributed by atoms with E-state index in [2.05, 4.69) is 0 Å². The van der Waals surface area contributed by atoms with Gasteiger partial charge in [0.05, 0.1) is 0 Å². The van der Waals surface area contributed by atoms with Gasteiger partial charge in [-0.05, 0) is 18.8 Å². The molecule has 2 nitrogen and oxygen atoms in total. The van der Waals surface area contributed by atoms with E-state index in [1.165, 1.54) is 0 Å². The average molecular weight is 164 g/mol. The van der Waals surface area contributed by atoms with Crippen LogP contribution in [0.3, 0.4) is 0 Å². The molecule has 1 fully saturated rings. The highest BCUT2D eigenvalue weighted by molar-refractivity contribution is 5.76. The first-order valence-corrected chi connectivity index (χ1v) is 3.53. The number of carbonyl (C=O) groups is 1. The van der Waals surface area contributed by atoms with E-state index in [-0.39, 0.29) is 12.3 Å². The lowest BCUT2D eigenvalue weighted by atomic mass is 9.61. The summed E-state index contributed by atoms with van der Waals surface area (Å²) in [6, 6.07) is 0. The molecule has 2 unspecified atom stereocenters. The zero-order valence-corrected chi connectivity index (χ0v) is 6.18. The summed E-state index contributed by atoms with van der Waals surface area (Å²) in [6.07, 6.45) is -2.03. The van der Waals surface area contributed by atoms with Crippen LogP contribution in [-0.2, 0) is 4.79 Å². The zero-order chi connectivity index (χ0) is 8.65. The summed E-state index contributed by atoms with van der Waals surface area (Å²) in [5.41, 5.74) is -1.74. The van der Waals surface area contributed by atoms with Gasteiger partial charge in [0.25, 0.3) is 6.43 Å². The van der Waals surface area contributed by atoms with Crippen molar-refractivity contribution in [1.29, 1.82) is 0 Å². The lowest BCUT2D eigenvalue weighted by Crippen LogP contribution is -2.50. The molecule has 1 aliphatic carbocycles. The van der Waals surface area contributed by atoms with Crippen molar-refractivity contribution in [2.45, 2.75) is 26.2 Å². The topological polar surface area (TPSA) is 37.3 Å². The first-order chi connectivity index (χ1) is 5.01. The van der Waals surface area contributed by atoms with Gasteiger partial charge >= 0.3 is 5.97 Å². The van der Waals surface area contributed by atoms with E-state index in [0.29, 0.717) is 6.42 Å². The largest absolute Gasteiger partial charge is 0.481 e. The predicted octanol–water partition coefficient (Wildman–Crippen LogP) is 1.75. The monoisotopic (exact) mass is 164 g/mol. The Kier molecular flexibility index (Phi) is 1.86. The van der Waals surface area contributed by atoms with E-state index in [4.69, 9.17) is 5.11 Å². The molecule has 0 aromatic carbocycles. The Bertz CT molecular complexity index is 175. The van der Waals surface area contributed by atoms with Gasteiger partial charge in [0.2, 0.25) is 0 Å². The third kappa shape index (κ3) is 0.921. The average Bonchev–Trinajstić information content (AvgIpc) is 1.83. The van der Waals surface area contributed by atoms with Crippen LogP contribution in [-0.4, -0.2) is 17.5 Å². The fourth-order valence-corrected chi connectivity index (χ4v) is 1.48. The van der Waals surface area contributed by atoms with Gasteiger partial charge in [0.1, 0.15) is 5.41 Å². The maximum Gasteiger partial charge on any atom is 0.315 e. The summed E-state index contributed by atoms with van der Waals surface area (Å²) in [4.78, 5) is 10.5. The quantitative estimate of drug-likeness (QED) is 0.675.